The van der Waals surface area contributed by atoms with Gasteiger partial charge in [-0.05, 0) is 12.5 Å². The van der Waals surface area contributed by atoms with Gasteiger partial charge < -0.3 is 47.4 Å². The highest BCUT2D eigenvalue weighted by molar-refractivity contribution is 5.69. The zero-order chi connectivity index (χ0) is 33.3. The number of esters is 5. The zero-order valence-electron chi connectivity index (χ0n) is 26.2. The highest BCUT2D eigenvalue weighted by Crippen LogP contribution is 2.35. The number of methoxy groups -OCH3 is 1. The molecule has 15 nitrogen and oxygen atoms in total. The first kappa shape index (κ1) is 35.8. The van der Waals surface area contributed by atoms with E-state index in [1.807, 2.05) is 30.3 Å². The summed E-state index contributed by atoms with van der Waals surface area (Å²) in [4.78, 5) is 60.7. The normalized spacial score (nSPS) is 31.3. The average molecular weight is 641 g/mol. The highest BCUT2D eigenvalue weighted by atomic mass is 16.8. The molecule has 0 radical (unpaired) electrons. The van der Waals surface area contributed by atoms with E-state index >= 15 is 0 Å². The molecule has 0 spiro atoms. The molecule has 2 heterocycles. The summed E-state index contributed by atoms with van der Waals surface area (Å²) < 4.78 is 57.3. The van der Waals surface area contributed by atoms with Crippen molar-refractivity contribution in [3.05, 3.63) is 35.9 Å². The lowest BCUT2D eigenvalue weighted by Crippen LogP contribution is -2.66. The fraction of sp³-hybridized carbons (Fsp3) is 0.633. The Labute approximate surface area is 260 Å². The molecule has 3 rings (SSSR count). The standard InChI is InChI=1S/C30H40O15/c1-15-23(39-16(2)31)25(40-17(3)32)28(43-20(6)35)30(38-15)45-24-22(14-37-13-21-11-9-8-10-12-21)44-29(36-7)27(42-19(5)34)26(24)41-18(4)33/h8-12,15,22-30H,13-14H2,1-7H3/t15?,22?,23-,24+,25?,26-,27?,28-,29-,30-/m0/s1. The highest BCUT2D eigenvalue weighted by Gasteiger charge is 2.56. The molecule has 0 saturated carbocycles. The molecule has 10 atom stereocenters. The van der Waals surface area contributed by atoms with Crippen LogP contribution in [0.15, 0.2) is 30.3 Å². The largest absolute Gasteiger partial charge is 0.456 e. The molecule has 15 heteroatoms. The van der Waals surface area contributed by atoms with Crippen LogP contribution in [-0.4, -0.2) is 105 Å². The molecular formula is C30H40O15. The molecule has 45 heavy (non-hydrogen) atoms. The molecule has 0 bridgehead atoms. The van der Waals surface area contributed by atoms with Gasteiger partial charge in [0.05, 0.1) is 19.3 Å². The molecule has 0 aliphatic carbocycles. The van der Waals surface area contributed by atoms with Gasteiger partial charge in [-0.3, -0.25) is 24.0 Å². The van der Waals surface area contributed by atoms with Crippen molar-refractivity contribution in [2.45, 2.75) is 110 Å². The lowest BCUT2D eigenvalue weighted by molar-refractivity contribution is -0.357. The van der Waals surface area contributed by atoms with Crippen molar-refractivity contribution < 1.29 is 71.3 Å². The Balaban J connectivity index is 2.02. The summed E-state index contributed by atoms with van der Waals surface area (Å²) in [6, 6.07) is 9.29. The third-order valence-corrected chi connectivity index (χ3v) is 6.75. The summed E-state index contributed by atoms with van der Waals surface area (Å²) in [6.45, 7) is 7.31. The Bertz CT molecular complexity index is 1170. The van der Waals surface area contributed by atoms with Crippen molar-refractivity contribution in [3.8, 4) is 0 Å². The van der Waals surface area contributed by atoms with E-state index in [1.54, 1.807) is 0 Å². The van der Waals surface area contributed by atoms with Crippen LogP contribution in [0.3, 0.4) is 0 Å². The summed E-state index contributed by atoms with van der Waals surface area (Å²) >= 11 is 0. The van der Waals surface area contributed by atoms with Crippen molar-refractivity contribution in [1.82, 2.24) is 0 Å². The van der Waals surface area contributed by atoms with Crippen LogP contribution >= 0.6 is 0 Å². The molecular weight excluding hydrogens is 600 g/mol. The molecule has 1 aromatic rings. The quantitative estimate of drug-likeness (QED) is 0.236. The minimum absolute atomic E-state index is 0.131. The van der Waals surface area contributed by atoms with Crippen molar-refractivity contribution in [2.75, 3.05) is 13.7 Å². The van der Waals surface area contributed by atoms with Crippen molar-refractivity contribution in [2.24, 2.45) is 0 Å². The van der Waals surface area contributed by atoms with Gasteiger partial charge >= 0.3 is 29.8 Å². The van der Waals surface area contributed by atoms with E-state index in [-0.39, 0.29) is 13.2 Å². The molecule has 4 unspecified atom stereocenters. The molecule has 0 amide bonds. The molecule has 2 fully saturated rings. The summed E-state index contributed by atoms with van der Waals surface area (Å²) in [6.07, 6.45) is -12.6. The fourth-order valence-electron chi connectivity index (χ4n) is 5.11. The average Bonchev–Trinajstić information content (AvgIpc) is 2.94. The minimum Gasteiger partial charge on any atom is -0.456 e. The van der Waals surface area contributed by atoms with Crippen LogP contribution < -0.4 is 0 Å². The van der Waals surface area contributed by atoms with Gasteiger partial charge in [-0.1, -0.05) is 30.3 Å². The maximum absolute atomic E-state index is 12.3. The number of benzene rings is 1. The van der Waals surface area contributed by atoms with E-state index in [2.05, 4.69) is 0 Å². The predicted octanol–water partition coefficient (Wildman–Crippen LogP) is 1.36. The number of rotatable bonds is 12. The van der Waals surface area contributed by atoms with Crippen LogP contribution in [0, 0.1) is 0 Å². The number of hydrogen-bond acceptors (Lipinski definition) is 15. The first-order valence-corrected chi connectivity index (χ1v) is 14.3. The summed E-state index contributed by atoms with van der Waals surface area (Å²) in [5, 5.41) is 0. The lowest BCUT2D eigenvalue weighted by atomic mass is 9.96. The molecule has 2 saturated heterocycles. The topological polar surface area (TPSA) is 178 Å². The smallest absolute Gasteiger partial charge is 0.303 e. The molecule has 2 aliphatic heterocycles. The van der Waals surface area contributed by atoms with Gasteiger partial charge in [-0.2, -0.15) is 0 Å². The molecule has 250 valence electrons. The maximum atomic E-state index is 12.3. The molecule has 0 aromatic heterocycles. The van der Waals surface area contributed by atoms with Crippen molar-refractivity contribution in [1.29, 1.82) is 0 Å². The Kier molecular flexibility index (Phi) is 13.2. The van der Waals surface area contributed by atoms with E-state index in [1.165, 1.54) is 14.0 Å². The van der Waals surface area contributed by atoms with E-state index < -0.39 is 91.3 Å². The second kappa shape index (κ2) is 16.6. The third-order valence-electron chi connectivity index (χ3n) is 6.75. The Morgan fingerprint density at radius 3 is 1.60 bits per heavy atom. The third kappa shape index (κ3) is 10.2. The number of carbonyl (C=O) groups excluding carboxylic acids is 5. The van der Waals surface area contributed by atoms with Crippen LogP contribution in [0.2, 0.25) is 0 Å². The monoisotopic (exact) mass is 640 g/mol. The predicted molar refractivity (Wildman–Crippen MR) is 149 cm³/mol. The van der Waals surface area contributed by atoms with Gasteiger partial charge in [0, 0.05) is 41.7 Å². The summed E-state index contributed by atoms with van der Waals surface area (Å²) in [5.74, 6) is -3.71. The lowest BCUT2D eigenvalue weighted by Gasteiger charge is -2.48. The Morgan fingerprint density at radius 2 is 1.09 bits per heavy atom. The van der Waals surface area contributed by atoms with Gasteiger partial charge in [-0.15, -0.1) is 0 Å². The van der Waals surface area contributed by atoms with Gasteiger partial charge in [0.2, 0.25) is 0 Å². The second-order valence-electron chi connectivity index (χ2n) is 10.5. The van der Waals surface area contributed by atoms with E-state index in [9.17, 15) is 24.0 Å². The van der Waals surface area contributed by atoms with Gasteiger partial charge in [0.15, 0.2) is 43.1 Å². The second-order valence-corrected chi connectivity index (χ2v) is 10.5. The van der Waals surface area contributed by atoms with Gasteiger partial charge in [-0.25, -0.2) is 0 Å². The summed E-state index contributed by atoms with van der Waals surface area (Å²) in [7, 11) is 1.32. The maximum Gasteiger partial charge on any atom is 0.303 e. The number of carbonyl (C=O) groups is 5. The SMILES string of the molecule is CO[C@H]1OC(COCc2ccccc2)[C@@H](O[C@@H]2OC(C)[C@H](OC(C)=O)C(OC(C)=O)[C@@H]2OC(C)=O)[C@H](OC(C)=O)C1OC(C)=O. The van der Waals surface area contributed by atoms with Crippen LogP contribution in [0.25, 0.3) is 0 Å². The number of hydrogen-bond donors (Lipinski definition) is 0. The Morgan fingerprint density at radius 1 is 0.622 bits per heavy atom. The summed E-state index contributed by atoms with van der Waals surface area (Å²) in [5.41, 5.74) is 0.864. The van der Waals surface area contributed by atoms with Crippen LogP contribution in [0.4, 0.5) is 0 Å². The fourth-order valence-corrected chi connectivity index (χ4v) is 5.11. The van der Waals surface area contributed by atoms with Crippen LogP contribution in [0.1, 0.15) is 47.1 Å². The van der Waals surface area contributed by atoms with Crippen molar-refractivity contribution >= 4 is 29.8 Å². The zero-order valence-corrected chi connectivity index (χ0v) is 26.2. The first-order chi connectivity index (χ1) is 21.3. The molecule has 0 N–H and O–H groups in total. The van der Waals surface area contributed by atoms with E-state index in [0.717, 1.165) is 40.2 Å². The molecule has 2 aliphatic rings. The molecule has 1 aromatic carbocycles. The van der Waals surface area contributed by atoms with E-state index in [4.69, 9.17) is 47.4 Å². The minimum atomic E-state index is -1.50. The van der Waals surface area contributed by atoms with Crippen LogP contribution in [-0.2, 0) is 77.9 Å². The van der Waals surface area contributed by atoms with E-state index in [0.29, 0.717) is 0 Å². The first-order valence-electron chi connectivity index (χ1n) is 14.3. The van der Waals surface area contributed by atoms with Gasteiger partial charge in [0.1, 0.15) is 12.2 Å². The van der Waals surface area contributed by atoms with Gasteiger partial charge in [0.25, 0.3) is 0 Å². The number of ether oxygens (including phenoxy) is 10. The Hall–Kier alpha value is -3.63. The van der Waals surface area contributed by atoms with Crippen LogP contribution in [0.5, 0.6) is 0 Å². The van der Waals surface area contributed by atoms with Crippen molar-refractivity contribution in [3.63, 3.8) is 0 Å².